The molecule has 1 saturated heterocycles. The molecule has 1 aromatic carbocycles. The Hall–Kier alpha value is -1.85. The van der Waals surface area contributed by atoms with Gasteiger partial charge in [0.2, 0.25) is 0 Å². The lowest BCUT2D eigenvalue weighted by atomic mass is 10.1. The molecule has 5 nitrogen and oxygen atoms in total. The Morgan fingerprint density at radius 3 is 2.85 bits per heavy atom. The van der Waals surface area contributed by atoms with Gasteiger partial charge in [0.15, 0.2) is 0 Å². The highest BCUT2D eigenvalue weighted by atomic mass is 16.5. The fourth-order valence-corrected chi connectivity index (χ4v) is 2.75. The number of rotatable bonds is 3. The van der Waals surface area contributed by atoms with Gasteiger partial charge in [-0.15, -0.1) is 0 Å². The third-order valence-corrected chi connectivity index (χ3v) is 3.83. The van der Waals surface area contributed by atoms with Crippen molar-refractivity contribution in [2.75, 3.05) is 33.4 Å². The number of hydrogen-bond donors (Lipinski definition) is 2. The lowest BCUT2D eigenvalue weighted by Crippen LogP contribution is -3.12. The maximum absolute atomic E-state index is 12.0. The number of ether oxygens (including phenoxy) is 2. The topological polar surface area (TPSA) is 55.8 Å². The van der Waals surface area contributed by atoms with E-state index in [1.807, 2.05) is 24.3 Å². The summed E-state index contributed by atoms with van der Waals surface area (Å²) >= 11 is 0. The Morgan fingerprint density at radius 2 is 2.10 bits per heavy atom. The molecule has 2 aromatic rings. The van der Waals surface area contributed by atoms with Gasteiger partial charge in [-0.05, 0) is 6.07 Å². The van der Waals surface area contributed by atoms with Gasteiger partial charge < -0.3 is 19.4 Å². The van der Waals surface area contributed by atoms with Crippen LogP contribution in [0.25, 0.3) is 10.9 Å². The van der Waals surface area contributed by atoms with E-state index < -0.39 is 0 Å². The number of hydrogen-bond acceptors (Lipinski definition) is 3. The normalized spacial score (nSPS) is 16.4. The quantitative estimate of drug-likeness (QED) is 0.796. The number of morpholine rings is 1. The zero-order valence-corrected chi connectivity index (χ0v) is 11.6. The summed E-state index contributed by atoms with van der Waals surface area (Å²) in [6, 6.07) is 7.99. The van der Waals surface area contributed by atoms with E-state index in [0.717, 1.165) is 49.3 Å². The molecule has 0 radical (unpaired) electrons. The zero-order valence-electron chi connectivity index (χ0n) is 11.6. The second-order valence-electron chi connectivity index (χ2n) is 5.05. The van der Waals surface area contributed by atoms with Crippen LogP contribution in [0, 0.1) is 0 Å². The standard InChI is InChI=1S/C15H18N2O3/c1-19-15(18)14-12(10-17-6-8-20-9-7-17)11-4-2-3-5-13(11)16-14/h2-5,16H,6-10H2,1H3/p+1. The fourth-order valence-electron chi connectivity index (χ4n) is 2.75. The first-order chi connectivity index (χ1) is 9.79. The van der Waals surface area contributed by atoms with E-state index in [1.165, 1.54) is 12.0 Å². The molecule has 20 heavy (non-hydrogen) atoms. The predicted octanol–water partition coefficient (Wildman–Crippen LogP) is 0.370. The van der Waals surface area contributed by atoms with Gasteiger partial charge in [0.05, 0.1) is 20.3 Å². The highest BCUT2D eigenvalue weighted by Crippen LogP contribution is 2.22. The molecule has 1 aliphatic rings. The number of H-pyrrole nitrogens is 1. The number of carbonyl (C=O) groups excluding carboxylic acids is 1. The average Bonchev–Trinajstić information content (AvgIpc) is 2.86. The summed E-state index contributed by atoms with van der Waals surface area (Å²) in [5.41, 5.74) is 2.60. The van der Waals surface area contributed by atoms with Crippen LogP contribution in [0.5, 0.6) is 0 Å². The number of carbonyl (C=O) groups is 1. The molecule has 1 aromatic heterocycles. The largest absolute Gasteiger partial charge is 0.464 e. The number of nitrogens with one attached hydrogen (secondary N) is 2. The number of fused-ring (bicyclic) bond motifs is 1. The van der Waals surface area contributed by atoms with Gasteiger partial charge in [-0.25, -0.2) is 4.79 Å². The minimum atomic E-state index is -0.302. The molecule has 2 heterocycles. The van der Waals surface area contributed by atoms with E-state index in [0.29, 0.717) is 5.69 Å². The molecule has 0 bridgehead atoms. The Morgan fingerprint density at radius 1 is 1.35 bits per heavy atom. The van der Waals surface area contributed by atoms with Crippen LogP contribution in [-0.4, -0.2) is 44.4 Å². The van der Waals surface area contributed by atoms with Gasteiger partial charge in [0.25, 0.3) is 0 Å². The van der Waals surface area contributed by atoms with Crippen LogP contribution in [0.4, 0.5) is 0 Å². The molecule has 2 N–H and O–H groups in total. The summed E-state index contributed by atoms with van der Waals surface area (Å²) in [7, 11) is 1.42. The molecular formula is C15H19N2O3+. The molecule has 5 heteroatoms. The summed E-state index contributed by atoms with van der Waals surface area (Å²) in [4.78, 5) is 16.6. The second-order valence-corrected chi connectivity index (χ2v) is 5.05. The van der Waals surface area contributed by atoms with Crippen molar-refractivity contribution >= 4 is 16.9 Å². The van der Waals surface area contributed by atoms with Gasteiger partial charge >= 0.3 is 5.97 Å². The molecule has 1 fully saturated rings. The average molecular weight is 275 g/mol. The monoisotopic (exact) mass is 275 g/mol. The third kappa shape index (κ3) is 2.42. The van der Waals surface area contributed by atoms with Gasteiger partial charge in [0.1, 0.15) is 25.3 Å². The van der Waals surface area contributed by atoms with Gasteiger partial charge in [0, 0.05) is 16.5 Å². The highest BCUT2D eigenvalue weighted by Gasteiger charge is 2.23. The molecule has 0 atom stereocenters. The van der Waals surface area contributed by atoms with Gasteiger partial charge in [-0.2, -0.15) is 0 Å². The molecule has 0 aliphatic carbocycles. The molecular weight excluding hydrogens is 256 g/mol. The van der Waals surface area contributed by atoms with Crippen LogP contribution >= 0.6 is 0 Å². The number of para-hydroxylation sites is 1. The maximum Gasteiger partial charge on any atom is 0.355 e. The van der Waals surface area contributed by atoms with E-state index in [2.05, 4.69) is 4.98 Å². The van der Waals surface area contributed by atoms with E-state index in [-0.39, 0.29) is 5.97 Å². The van der Waals surface area contributed by atoms with Gasteiger partial charge in [-0.3, -0.25) is 0 Å². The zero-order chi connectivity index (χ0) is 13.9. The van der Waals surface area contributed by atoms with Crippen LogP contribution in [0.1, 0.15) is 16.1 Å². The first-order valence-electron chi connectivity index (χ1n) is 6.89. The van der Waals surface area contributed by atoms with Crippen molar-refractivity contribution in [2.24, 2.45) is 0 Å². The van der Waals surface area contributed by atoms with Crippen molar-refractivity contribution < 1.29 is 19.2 Å². The molecule has 106 valence electrons. The molecule has 0 unspecified atom stereocenters. The van der Waals surface area contributed by atoms with Crippen LogP contribution < -0.4 is 4.90 Å². The SMILES string of the molecule is COC(=O)c1[nH]c2ccccc2c1C[NH+]1CCOCC1. The lowest BCUT2D eigenvalue weighted by molar-refractivity contribution is -0.921. The smallest absolute Gasteiger partial charge is 0.355 e. The fraction of sp³-hybridized carbons (Fsp3) is 0.400. The Bertz CT molecular complexity index is 615. The first-order valence-corrected chi connectivity index (χ1v) is 6.89. The molecule has 3 rings (SSSR count). The van der Waals surface area contributed by atoms with Gasteiger partial charge in [-0.1, -0.05) is 18.2 Å². The summed E-state index contributed by atoms with van der Waals surface area (Å²) < 4.78 is 10.3. The van der Waals surface area contributed by atoms with E-state index >= 15 is 0 Å². The number of esters is 1. The van der Waals surface area contributed by atoms with E-state index in [1.54, 1.807) is 0 Å². The molecule has 0 amide bonds. The Kier molecular flexibility index (Phi) is 3.71. The lowest BCUT2D eigenvalue weighted by Gasteiger charge is -2.23. The highest BCUT2D eigenvalue weighted by molar-refractivity contribution is 5.98. The van der Waals surface area contributed by atoms with Crippen LogP contribution in [0.3, 0.4) is 0 Å². The predicted molar refractivity (Wildman–Crippen MR) is 74.9 cm³/mol. The van der Waals surface area contributed by atoms with E-state index in [9.17, 15) is 4.79 Å². The Labute approximate surface area is 117 Å². The van der Waals surface area contributed by atoms with Crippen LogP contribution in [-0.2, 0) is 16.0 Å². The minimum Gasteiger partial charge on any atom is -0.464 e. The van der Waals surface area contributed by atoms with Crippen molar-refractivity contribution in [3.05, 3.63) is 35.5 Å². The van der Waals surface area contributed by atoms with Crippen molar-refractivity contribution in [1.82, 2.24) is 4.98 Å². The minimum absolute atomic E-state index is 0.302. The second kappa shape index (κ2) is 5.64. The van der Waals surface area contributed by atoms with E-state index in [4.69, 9.17) is 9.47 Å². The summed E-state index contributed by atoms with van der Waals surface area (Å²) in [6.07, 6.45) is 0. The third-order valence-electron chi connectivity index (χ3n) is 3.83. The number of methoxy groups -OCH3 is 1. The molecule has 0 saturated carbocycles. The Balaban J connectivity index is 1.99. The number of aromatic amines is 1. The van der Waals surface area contributed by atoms with Crippen molar-refractivity contribution in [2.45, 2.75) is 6.54 Å². The summed E-state index contributed by atoms with van der Waals surface area (Å²) in [6.45, 7) is 4.33. The number of aromatic nitrogens is 1. The van der Waals surface area contributed by atoms with Crippen LogP contribution in [0.2, 0.25) is 0 Å². The van der Waals surface area contributed by atoms with Crippen molar-refractivity contribution in [1.29, 1.82) is 0 Å². The molecule has 0 spiro atoms. The van der Waals surface area contributed by atoms with Crippen molar-refractivity contribution in [3.8, 4) is 0 Å². The summed E-state index contributed by atoms with van der Waals surface area (Å²) in [5.74, 6) is -0.302. The number of quaternary nitrogens is 1. The molecule has 1 aliphatic heterocycles. The van der Waals surface area contributed by atoms with Crippen molar-refractivity contribution in [3.63, 3.8) is 0 Å². The number of benzene rings is 1. The van der Waals surface area contributed by atoms with Crippen LogP contribution in [0.15, 0.2) is 24.3 Å². The maximum atomic E-state index is 12.0. The summed E-state index contributed by atoms with van der Waals surface area (Å²) in [5, 5.41) is 1.10. The first kappa shape index (κ1) is 13.1.